The first kappa shape index (κ1) is 21.3. The number of sulfonamides is 1. The van der Waals surface area contributed by atoms with E-state index >= 15 is 0 Å². The van der Waals surface area contributed by atoms with Crippen LogP contribution in [0.3, 0.4) is 0 Å². The van der Waals surface area contributed by atoms with Crippen LogP contribution >= 0.6 is 0 Å². The molecule has 3 rings (SSSR count). The van der Waals surface area contributed by atoms with Gasteiger partial charge in [-0.3, -0.25) is 4.79 Å². The number of anilines is 1. The van der Waals surface area contributed by atoms with Crippen LogP contribution in [-0.4, -0.2) is 52.0 Å². The third-order valence-electron chi connectivity index (χ3n) is 4.97. The maximum atomic E-state index is 13.0. The highest BCUT2D eigenvalue weighted by Gasteiger charge is 2.29. The number of carbonyl (C=O) groups excluding carboxylic acids is 1. The summed E-state index contributed by atoms with van der Waals surface area (Å²) in [6.45, 7) is 5.31. The van der Waals surface area contributed by atoms with E-state index < -0.39 is 10.0 Å². The lowest BCUT2D eigenvalue weighted by atomic mass is 10.0. The van der Waals surface area contributed by atoms with Crippen LogP contribution in [0.5, 0.6) is 5.75 Å². The van der Waals surface area contributed by atoms with Crippen molar-refractivity contribution in [1.29, 1.82) is 0 Å². The highest BCUT2D eigenvalue weighted by Crippen LogP contribution is 2.30. The number of hydrogen-bond donors (Lipinski definition) is 1. The van der Waals surface area contributed by atoms with Crippen molar-refractivity contribution in [2.24, 2.45) is 0 Å². The lowest BCUT2D eigenvalue weighted by molar-refractivity contribution is -0.115. The van der Waals surface area contributed by atoms with Gasteiger partial charge in [-0.2, -0.15) is 4.31 Å². The van der Waals surface area contributed by atoms with Crippen molar-refractivity contribution in [2.45, 2.75) is 25.2 Å². The summed E-state index contributed by atoms with van der Waals surface area (Å²) in [6.07, 6.45) is 0.207. The van der Waals surface area contributed by atoms with Crippen LogP contribution in [0, 0.1) is 13.8 Å². The van der Waals surface area contributed by atoms with Crippen molar-refractivity contribution in [2.75, 3.05) is 38.7 Å². The van der Waals surface area contributed by atoms with Crippen LogP contribution in [0.15, 0.2) is 41.3 Å². The summed E-state index contributed by atoms with van der Waals surface area (Å²) in [4.78, 5) is 12.5. The third kappa shape index (κ3) is 4.95. The Bertz CT molecular complexity index is 998. The van der Waals surface area contributed by atoms with Gasteiger partial charge in [0.25, 0.3) is 0 Å². The van der Waals surface area contributed by atoms with Crippen LogP contribution in [0.1, 0.15) is 16.7 Å². The minimum atomic E-state index is -3.76. The van der Waals surface area contributed by atoms with Gasteiger partial charge in [0, 0.05) is 18.8 Å². The Balaban J connectivity index is 1.80. The fourth-order valence-electron chi connectivity index (χ4n) is 3.19. The van der Waals surface area contributed by atoms with Gasteiger partial charge in [-0.05, 0) is 48.7 Å². The van der Waals surface area contributed by atoms with Gasteiger partial charge in [-0.1, -0.05) is 18.2 Å². The molecule has 0 unspecified atom stereocenters. The second kappa shape index (κ2) is 8.94. The molecule has 7 nitrogen and oxygen atoms in total. The molecular weight excluding hydrogens is 392 g/mol. The molecule has 0 saturated carbocycles. The Morgan fingerprint density at radius 2 is 1.83 bits per heavy atom. The largest absolute Gasteiger partial charge is 0.495 e. The number of methoxy groups -OCH3 is 1. The molecule has 2 aromatic carbocycles. The number of aryl methyl sites for hydroxylation is 2. The van der Waals surface area contributed by atoms with E-state index in [4.69, 9.17) is 9.47 Å². The SMILES string of the molecule is COc1ccc(NC(=O)Cc2ccc(C)c(C)c2)cc1S(=O)(=O)N1CCOCC1. The Morgan fingerprint density at radius 1 is 1.10 bits per heavy atom. The zero-order valence-corrected chi connectivity index (χ0v) is 17.7. The molecule has 8 heteroatoms. The Morgan fingerprint density at radius 3 is 2.48 bits per heavy atom. The summed E-state index contributed by atoms with van der Waals surface area (Å²) < 4.78 is 38.0. The number of carbonyl (C=O) groups is 1. The lowest BCUT2D eigenvalue weighted by Gasteiger charge is -2.26. The van der Waals surface area contributed by atoms with E-state index in [1.165, 1.54) is 23.0 Å². The van der Waals surface area contributed by atoms with Crippen LogP contribution in [-0.2, 0) is 26.0 Å². The fourth-order valence-corrected chi connectivity index (χ4v) is 4.78. The number of amides is 1. The minimum absolute atomic E-state index is 0.0332. The Hall–Kier alpha value is -2.42. The van der Waals surface area contributed by atoms with Gasteiger partial charge < -0.3 is 14.8 Å². The van der Waals surface area contributed by atoms with Gasteiger partial charge >= 0.3 is 0 Å². The number of rotatable bonds is 6. The first-order valence-electron chi connectivity index (χ1n) is 9.43. The third-order valence-corrected chi connectivity index (χ3v) is 6.89. The normalized spacial score (nSPS) is 15.1. The molecule has 29 heavy (non-hydrogen) atoms. The van der Waals surface area contributed by atoms with E-state index in [0.29, 0.717) is 18.9 Å². The molecule has 2 aromatic rings. The summed E-state index contributed by atoms with van der Waals surface area (Å²) in [5, 5.41) is 2.79. The van der Waals surface area contributed by atoms with E-state index in [-0.39, 0.29) is 36.1 Å². The Kier molecular flexibility index (Phi) is 6.56. The van der Waals surface area contributed by atoms with Crippen LogP contribution < -0.4 is 10.1 Å². The standard InChI is InChI=1S/C21H26N2O5S/c1-15-4-5-17(12-16(15)2)13-21(24)22-18-6-7-19(27-3)20(14-18)29(25,26)23-8-10-28-11-9-23/h4-7,12,14H,8-11,13H2,1-3H3,(H,22,24). The summed E-state index contributed by atoms with van der Waals surface area (Å²) in [5.74, 6) is 0.0248. The molecule has 1 amide bonds. The predicted molar refractivity (Wildman–Crippen MR) is 111 cm³/mol. The molecule has 1 N–H and O–H groups in total. The number of nitrogens with one attached hydrogen (secondary N) is 1. The molecule has 1 aliphatic rings. The molecule has 0 aromatic heterocycles. The van der Waals surface area contributed by atoms with Crippen LogP contribution in [0.4, 0.5) is 5.69 Å². The van der Waals surface area contributed by atoms with Crippen LogP contribution in [0.25, 0.3) is 0 Å². The molecule has 1 heterocycles. The van der Waals surface area contributed by atoms with Gasteiger partial charge in [0.1, 0.15) is 10.6 Å². The zero-order valence-electron chi connectivity index (χ0n) is 16.9. The maximum Gasteiger partial charge on any atom is 0.246 e. The number of morpholine rings is 1. The van der Waals surface area contributed by atoms with Crippen LogP contribution in [0.2, 0.25) is 0 Å². The van der Waals surface area contributed by atoms with Crippen molar-refractivity contribution in [3.05, 3.63) is 53.1 Å². The highest BCUT2D eigenvalue weighted by molar-refractivity contribution is 7.89. The topological polar surface area (TPSA) is 84.9 Å². The van der Waals surface area contributed by atoms with E-state index in [2.05, 4.69) is 5.32 Å². The molecule has 1 saturated heterocycles. The summed E-state index contributed by atoms with van der Waals surface area (Å²) in [5.41, 5.74) is 3.60. The quantitative estimate of drug-likeness (QED) is 0.779. The van der Waals surface area contributed by atoms with E-state index in [1.807, 2.05) is 32.0 Å². The molecule has 0 aliphatic carbocycles. The monoisotopic (exact) mass is 418 g/mol. The molecule has 0 radical (unpaired) electrons. The van der Waals surface area contributed by atoms with E-state index in [9.17, 15) is 13.2 Å². The number of nitrogens with zero attached hydrogens (tertiary/aromatic N) is 1. The van der Waals surface area contributed by atoms with Crippen molar-refractivity contribution < 1.29 is 22.7 Å². The van der Waals surface area contributed by atoms with Gasteiger partial charge in [-0.25, -0.2) is 8.42 Å². The van der Waals surface area contributed by atoms with Gasteiger partial charge in [0.15, 0.2) is 0 Å². The average Bonchev–Trinajstić information content (AvgIpc) is 2.71. The van der Waals surface area contributed by atoms with Crippen molar-refractivity contribution in [3.8, 4) is 5.75 Å². The molecule has 156 valence electrons. The number of benzene rings is 2. The average molecular weight is 419 g/mol. The maximum absolute atomic E-state index is 13.0. The zero-order chi connectivity index (χ0) is 21.0. The van der Waals surface area contributed by atoms with E-state index in [0.717, 1.165) is 11.1 Å². The first-order valence-corrected chi connectivity index (χ1v) is 10.9. The highest BCUT2D eigenvalue weighted by atomic mass is 32.2. The molecule has 0 spiro atoms. The predicted octanol–water partition coefficient (Wildman–Crippen LogP) is 2.51. The summed E-state index contributed by atoms with van der Waals surface area (Å²) in [7, 11) is -2.33. The molecule has 0 bridgehead atoms. The second-order valence-electron chi connectivity index (χ2n) is 7.03. The lowest BCUT2D eigenvalue weighted by Crippen LogP contribution is -2.40. The molecule has 0 atom stereocenters. The van der Waals surface area contributed by atoms with Crippen molar-refractivity contribution in [3.63, 3.8) is 0 Å². The van der Waals surface area contributed by atoms with Gasteiger partial charge in [-0.15, -0.1) is 0 Å². The van der Waals surface area contributed by atoms with Gasteiger partial charge in [0.05, 0.1) is 26.7 Å². The van der Waals surface area contributed by atoms with Gasteiger partial charge in [0.2, 0.25) is 15.9 Å². The van der Waals surface area contributed by atoms with Crippen molar-refractivity contribution >= 4 is 21.6 Å². The second-order valence-corrected chi connectivity index (χ2v) is 8.93. The summed E-state index contributed by atoms with van der Waals surface area (Å²) >= 11 is 0. The first-order chi connectivity index (χ1) is 13.8. The number of hydrogen-bond acceptors (Lipinski definition) is 5. The Labute approximate surface area is 171 Å². The smallest absolute Gasteiger partial charge is 0.246 e. The van der Waals surface area contributed by atoms with E-state index in [1.54, 1.807) is 12.1 Å². The molecular formula is C21H26N2O5S. The molecule has 1 aliphatic heterocycles. The number of ether oxygens (including phenoxy) is 2. The fraction of sp³-hybridized carbons (Fsp3) is 0.381. The minimum Gasteiger partial charge on any atom is -0.495 e. The summed E-state index contributed by atoms with van der Waals surface area (Å²) in [6, 6.07) is 10.5. The molecule has 1 fully saturated rings. The van der Waals surface area contributed by atoms with Crippen molar-refractivity contribution in [1.82, 2.24) is 4.31 Å².